The fraction of sp³-hybridized carbons (Fsp3) is 0.357. The highest BCUT2D eigenvalue weighted by atomic mass is 35.5. The predicted octanol–water partition coefficient (Wildman–Crippen LogP) is 2.33. The van der Waals surface area contributed by atoms with E-state index in [1.807, 2.05) is 13.8 Å². The molecule has 0 aliphatic rings. The normalized spacial score (nSPS) is 10.1. The number of hydrogen-bond acceptors (Lipinski definition) is 5. The van der Waals surface area contributed by atoms with Crippen LogP contribution in [0.25, 0.3) is 11.3 Å². The third-order valence-electron chi connectivity index (χ3n) is 2.97. The molecular formula is C14H15ClF2N3O4+. The fourth-order valence-electron chi connectivity index (χ4n) is 2.05. The number of aryl methyl sites for hydroxylation is 2. The molecular weight excluding hydrogens is 348 g/mol. The van der Waals surface area contributed by atoms with Gasteiger partial charge in [0.25, 0.3) is 0 Å². The van der Waals surface area contributed by atoms with E-state index in [0.717, 1.165) is 4.73 Å². The van der Waals surface area contributed by atoms with Crippen LogP contribution >= 0.6 is 11.6 Å². The maximum absolute atomic E-state index is 12.5. The lowest BCUT2D eigenvalue weighted by Gasteiger charge is -2.10. The smallest absolute Gasteiger partial charge is 0.387 e. The average Bonchev–Trinajstić information content (AvgIpc) is 2.85. The summed E-state index contributed by atoms with van der Waals surface area (Å²) in [6.07, 6.45) is 3.31. The van der Waals surface area contributed by atoms with Gasteiger partial charge in [0.1, 0.15) is 11.3 Å². The van der Waals surface area contributed by atoms with Gasteiger partial charge in [-0.2, -0.15) is 23.5 Å². The molecule has 0 bridgehead atoms. The zero-order valence-electron chi connectivity index (χ0n) is 12.9. The Hall–Kier alpha value is -2.51. The van der Waals surface area contributed by atoms with Crippen LogP contribution < -0.4 is 9.47 Å². The molecule has 0 saturated carbocycles. The molecule has 0 aliphatic heterocycles. The highest BCUT2D eigenvalue weighted by Gasteiger charge is 2.24. The summed E-state index contributed by atoms with van der Waals surface area (Å²) in [6, 6.07) is 1.25. The van der Waals surface area contributed by atoms with E-state index in [0.29, 0.717) is 29.4 Å². The van der Waals surface area contributed by atoms with Gasteiger partial charge in [-0.3, -0.25) is 9.89 Å². The summed E-state index contributed by atoms with van der Waals surface area (Å²) in [5.41, 5.74) is 1.35. The van der Waals surface area contributed by atoms with Gasteiger partial charge >= 0.3 is 12.8 Å². The molecule has 130 valence electrons. The van der Waals surface area contributed by atoms with Crippen LogP contribution in [0.15, 0.2) is 18.5 Å². The van der Waals surface area contributed by atoms with Gasteiger partial charge in [0.2, 0.25) is 12.4 Å². The third-order valence-corrected chi connectivity index (χ3v) is 3.37. The number of rotatable bonds is 5. The van der Waals surface area contributed by atoms with Crippen LogP contribution in [0.2, 0.25) is 5.02 Å². The molecule has 0 atom stereocenters. The Morgan fingerprint density at radius 3 is 2.58 bits per heavy atom. The molecule has 2 aromatic heterocycles. The molecule has 2 rings (SSSR count). The van der Waals surface area contributed by atoms with E-state index in [2.05, 4.69) is 9.84 Å². The van der Waals surface area contributed by atoms with Crippen LogP contribution in [0, 0.1) is 0 Å². The van der Waals surface area contributed by atoms with Gasteiger partial charge in [0.05, 0.1) is 22.5 Å². The van der Waals surface area contributed by atoms with Gasteiger partial charge in [-0.05, 0) is 13.3 Å². The Labute approximate surface area is 141 Å². The summed E-state index contributed by atoms with van der Waals surface area (Å²) < 4.78 is 31.9. The highest BCUT2D eigenvalue weighted by molar-refractivity contribution is 6.33. The number of aromatic nitrogens is 3. The average molecular weight is 363 g/mol. The summed E-state index contributed by atoms with van der Waals surface area (Å²) in [6.45, 7) is 1.28. The minimum Gasteiger partial charge on any atom is -0.434 e. The van der Waals surface area contributed by atoms with Crippen LogP contribution in [0.1, 0.15) is 19.5 Å². The Morgan fingerprint density at radius 2 is 2.08 bits per heavy atom. The van der Waals surface area contributed by atoms with E-state index in [9.17, 15) is 14.0 Å². The number of ether oxygens (including phenoxy) is 1. The van der Waals surface area contributed by atoms with E-state index in [4.69, 9.17) is 21.2 Å². The van der Waals surface area contributed by atoms with Crippen molar-refractivity contribution in [3.63, 3.8) is 0 Å². The molecule has 7 nitrogen and oxygen atoms in total. The molecule has 0 unspecified atom stereocenters. The molecule has 2 aromatic rings. The molecule has 0 amide bonds. The van der Waals surface area contributed by atoms with E-state index < -0.39 is 6.61 Å². The van der Waals surface area contributed by atoms with E-state index in [1.165, 1.54) is 18.5 Å². The second kappa shape index (κ2) is 8.95. The maximum Gasteiger partial charge on any atom is 0.387 e. The molecule has 0 fully saturated rings. The number of nitrogens with zero attached hydrogens (tertiary/aromatic N) is 3. The quantitative estimate of drug-likeness (QED) is 0.651. The lowest BCUT2D eigenvalue weighted by Crippen LogP contribution is -2.29. The molecule has 24 heavy (non-hydrogen) atoms. The summed E-state index contributed by atoms with van der Waals surface area (Å²) in [7, 11) is 0. The van der Waals surface area contributed by atoms with E-state index in [1.54, 1.807) is 4.68 Å². The van der Waals surface area contributed by atoms with Crippen LogP contribution in [0.4, 0.5) is 8.78 Å². The summed E-state index contributed by atoms with van der Waals surface area (Å²) in [5.74, 6) is -0.0746. The van der Waals surface area contributed by atoms with Gasteiger partial charge in [0.15, 0.2) is 0 Å². The Bertz CT molecular complexity index is 731. The van der Waals surface area contributed by atoms with Gasteiger partial charge in [0, 0.05) is 11.3 Å². The number of pyridine rings is 1. The summed E-state index contributed by atoms with van der Waals surface area (Å²) in [5, 5.41) is 14.2. The first-order valence-corrected chi connectivity index (χ1v) is 7.21. The lowest BCUT2D eigenvalue weighted by atomic mass is 10.1. The van der Waals surface area contributed by atoms with Gasteiger partial charge in [-0.15, -0.1) is 0 Å². The van der Waals surface area contributed by atoms with E-state index in [-0.39, 0.29) is 17.5 Å². The van der Waals surface area contributed by atoms with Crippen molar-refractivity contribution in [2.75, 3.05) is 0 Å². The van der Waals surface area contributed by atoms with Crippen molar-refractivity contribution in [1.29, 1.82) is 0 Å². The van der Waals surface area contributed by atoms with Crippen LogP contribution in [0.3, 0.4) is 0 Å². The van der Waals surface area contributed by atoms with Crippen molar-refractivity contribution in [1.82, 2.24) is 9.78 Å². The molecule has 0 saturated heterocycles. The molecule has 1 N–H and O–H groups in total. The first-order chi connectivity index (χ1) is 11.4. The first-order valence-electron chi connectivity index (χ1n) is 6.83. The molecule has 2 heterocycles. The second-order valence-corrected chi connectivity index (χ2v) is 4.72. The zero-order chi connectivity index (χ0) is 18.3. The van der Waals surface area contributed by atoms with Gasteiger partial charge in [-0.25, -0.2) is 0 Å². The maximum atomic E-state index is 12.5. The van der Waals surface area contributed by atoms with Gasteiger partial charge < -0.3 is 4.74 Å². The molecule has 0 radical (unpaired) electrons. The summed E-state index contributed by atoms with van der Waals surface area (Å²) >= 11 is 6.29. The lowest BCUT2D eigenvalue weighted by molar-refractivity contribution is -0.904. The molecule has 0 aliphatic carbocycles. The predicted molar refractivity (Wildman–Crippen MR) is 76.7 cm³/mol. The summed E-state index contributed by atoms with van der Waals surface area (Å²) in [4.78, 5) is 16.2. The van der Waals surface area contributed by atoms with Crippen molar-refractivity contribution in [2.24, 2.45) is 0 Å². The molecule has 0 spiro atoms. The molecule has 10 heteroatoms. The van der Waals surface area contributed by atoms with Crippen molar-refractivity contribution in [2.45, 2.75) is 33.4 Å². The van der Waals surface area contributed by atoms with Gasteiger partial charge in [-0.1, -0.05) is 18.5 Å². The first kappa shape index (κ1) is 19.5. The Kier molecular flexibility index (Phi) is 7.29. The SMILES string of the molecule is CCc1nn(CC)c(-c2c[n+](O)ccc2OC(F)F)c1Cl.O=C=O. The third kappa shape index (κ3) is 4.50. The second-order valence-electron chi connectivity index (χ2n) is 4.34. The monoisotopic (exact) mass is 362 g/mol. The zero-order valence-corrected chi connectivity index (χ0v) is 13.6. The number of carbonyl (C=O) groups excluding carboxylic acids is 2. The van der Waals surface area contributed by atoms with Crippen molar-refractivity contribution in [3.8, 4) is 17.0 Å². The number of hydrogen-bond donors (Lipinski definition) is 1. The highest BCUT2D eigenvalue weighted by Crippen LogP contribution is 2.36. The fourth-order valence-corrected chi connectivity index (χ4v) is 2.42. The van der Waals surface area contributed by atoms with E-state index >= 15 is 0 Å². The van der Waals surface area contributed by atoms with Crippen LogP contribution in [0.5, 0.6) is 5.75 Å². The Balaban J connectivity index is 0.000000891. The van der Waals surface area contributed by atoms with Crippen molar-refractivity contribution < 1.29 is 33.0 Å². The van der Waals surface area contributed by atoms with Crippen molar-refractivity contribution in [3.05, 3.63) is 29.2 Å². The Morgan fingerprint density at radius 1 is 1.46 bits per heavy atom. The largest absolute Gasteiger partial charge is 0.434 e. The van der Waals surface area contributed by atoms with Crippen LogP contribution in [-0.2, 0) is 22.6 Å². The number of halogens is 3. The van der Waals surface area contributed by atoms with Crippen molar-refractivity contribution >= 4 is 17.8 Å². The minimum atomic E-state index is -2.97. The minimum absolute atomic E-state index is 0.0746. The molecule has 0 aromatic carbocycles. The standard InChI is InChI=1S/C13H15ClF2N3O2.CO2/c1-3-9-11(14)12(19(4-2)17-9)8-7-18(20)6-5-10(8)21-13(15)16;2-1-3/h5-7,13,20H,3-4H2,1-2H3;/q+1;. The number of alkyl halides is 2. The van der Waals surface area contributed by atoms with Crippen LogP contribution in [-0.4, -0.2) is 27.8 Å². The topological polar surface area (TPSA) is 85.3 Å².